The summed E-state index contributed by atoms with van der Waals surface area (Å²) in [6.07, 6.45) is 0. The zero-order chi connectivity index (χ0) is 27.2. The van der Waals surface area contributed by atoms with Crippen LogP contribution < -0.4 is 0 Å². The van der Waals surface area contributed by atoms with Crippen LogP contribution in [0.25, 0.3) is 72.4 Å². The maximum absolute atomic E-state index is 4.90. The van der Waals surface area contributed by atoms with Crippen LogP contribution in [0.5, 0.6) is 0 Å². The van der Waals surface area contributed by atoms with Gasteiger partial charge in [-0.3, -0.25) is 0 Å². The molecule has 41 heavy (non-hydrogen) atoms. The molecule has 0 saturated heterocycles. The second-order valence-electron chi connectivity index (χ2n) is 10.1. The van der Waals surface area contributed by atoms with Crippen molar-refractivity contribution in [3.05, 3.63) is 146 Å². The predicted molar refractivity (Wildman–Crippen MR) is 168 cm³/mol. The summed E-state index contributed by atoms with van der Waals surface area (Å²) in [5.41, 5.74) is 6.33. The van der Waals surface area contributed by atoms with Crippen LogP contribution in [0.1, 0.15) is 0 Å². The van der Waals surface area contributed by atoms with Crippen molar-refractivity contribution >= 4 is 32.6 Å². The Morgan fingerprint density at radius 3 is 1.51 bits per heavy atom. The topological polar surface area (TPSA) is 43.6 Å². The minimum atomic E-state index is 0.650. The highest BCUT2D eigenvalue weighted by molar-refractivity contribution is 6.21. The number of hydrogen-bond donors (Lipinski definition) is 0. The van der Waals surface area contributed by atoms with E-state index in [0.29, 0.717) is 17.5 Å². The first kappa shape index (κ1) is 23.3. The quantitative estimate of drug-likeness (QED) is 0.231. The predicted octanol–water partition coefficient (Wildman–Crippen LogP) is 9.12. The molecule has 0 spiro atoms. The van der Waals surface area contributed by atoms with Crippen molar-refractivity contribution in [2.24, 2.45) is 0 Å². The molecule has 8 aromatic rings. The Balaban J connectivity index is 1.29. The molecule has 6 aromatic carbocycles. The molecule has 0 N–H and O–H groups in total. The fraction of sp³-hybridized carbons (Fsp3) is 0. The van der Waals surface area contributed by atoms with Crippen molar-refractivity contribution in [1.29, 1.82) is 0 Å². The van der Waals surface area contributed by atoms with Gasteiger partial charge in [0.15, 0.2) is 17.5 Å². The van der Waals surface area contributed by atoms with Crippen LogP contribution in [0.2, 0.25) is 0 Å². The van der Waals surface area contributed by atoms with E-state index < -0.39 is 0 Å². The summed E-state index contributed by atoms with van der Waals surface area (Å²) >= 11 is 0. The molecule has 0 amide bonds. The SMILES string of the molecule is c1ccc(-c2nc(-c3ccccc3)nc(-c3ccc(-n4c5ccccc5c5c6ccccc6ccc54)cc3)n2)cc1. The normalized spacial score (nSPS) is 11.4. The van der Waals surface area contributed by atoms with Gasteiger partial charge < -0.3 is 4.57 Å². The Labute approximate surface area is 237 Å². The number of benzene rings is 6. The molecule has 0 fully saturated rings. The average molecular weight is 525 g/mol. The van der Waals surface area contributed by atoms with Crippen molar-refractivity contribution in [3.63, 3.8) is 0 Å². The van der Waals surface area contributed by atoms with Crippen LogP contribution in [0.3, 0.4) is 0 Å². The van der Waals surface area contributed by atoms with Gasteiger partial charge in [-0.2, -0.15) is 0 Å². The molecular formula is C37H24N4. The van der Waals surface area contributed by atoms with Crippen LogP contribution in [-0.2, 0) is 0 Å². The molecule has 8 rings (SSSR count). The number of fused-ring (bicyclic) bond motifs is 5. The third-order valence-electron chi connectivity index (χ3n) is 7.65. The van der Waals surface area contributed by atoms with Crippen molar-refractivity contribution in [3.8, 4) is 39.9 Å². The van der Waals surface area contributed by atoms with E-state index in [1.54, 1.807) is 0 Å². The first-order chi connectivity index (χ1) is 20.3. The van der Waals surface area contributed by atoms with Crippen molar-refractivity contribution in [1.82, 2.24) is 19.5 Å². The van der Waals surface area contributed by atoms with Gasteiger partial charge in [0, 0.05) is 33.2 Å². The molecule has 2 heterocycles. The van der Waals surface area contributed by atoms with Gasteiger partial charge in [-0.15, -0.1) is 0 Å². The Bertz CT molecular complexity index is 2120. The van der Waals surface area contributed by atoms with Crippen LogP contribution in [0, 0.1) is 0 Å². The Hall–Kier alpha value is -5.61. The number of aromatic nitrogens is 4. The maximum Gasteiger partial charge on any atom is 0.164 e. The second-order valence-corrected chi connectivity index (χ2v) is 10.1. The number of rotatable bonds is 4. The number of para-hydroxylation sites is 1. The molecule has 4 nitrogen and oxygen atoms in total. The summed E-state index contributed by atoms with van der Waals surface area (Å²) in [5.74, 6) is 1.97. The lowest BCUT2D eigenvalue weighted by Gasteiger charge is -2.11. The second kappa shape index (κ2) is 9.54. The Kier molecular flexibility index (Phi) is 5.42. The third kappa shape index (κ3) is 3.97. The van der Waals surface area contributed by atoms with E-state index in [0.717, 1.165) is 22.4 Å². The van der Waals surface area contributed by atoms with Crippen LogP contribution in [0.4, 0.5) is 0 Å². The smallest absolute Gasteiger partial charge is 0.164 e. The monoisotopic (exact) mass is 524 g/mol. The van der Waals surface area contributed by atoms with Gasteiger partial charge in [0.25, 0.3) is 0 Å². The number of nitrogens with zero attached hydrogens (tertiary/aromatic N) is 4. The minimum absolute atomic E-state index is 0.650. The molecule has 0 bridgehead atoms. The lowest BCUT2D eigenvalue weighted by Crippen LogP contribution is -2.00. The lowest BCUT2D eigenvalue weighted by atomic mass is 10.0. The molecule has 0 aliphatic heterocycles. The molecule has 192 valence electrons. The van der Waals surface area contributed by atoms with Gasteiger partial charge in [-0.25, -0.2) is 15.0 Å². The van der Waals surface area contributed by atoms with E-state index in [2.05, 4.69) is 89.5 Å². The van der Waals surface area contributed by atoms with Gasteiger partial charge >= 0.3 is 0 Å². The van der Waals surface area contributed by atoms with Crippen LogP contribution >= 0.6 is 0 Å². The molecule has 0 radical (unpaired) electrons. The van der Waals surface area contributed by atoms with Crippen molar-refractivity contribution in [2.45, 2.75) is 0 Å². The highest BCUT2D eigenvalue weighted by Gasteiger charge is 2.16. The van der Waals surface area contributed by atoms with Gasteiger partial charge in [-0.1, -0.05) is 109 Å². The summed E-state index contributed by atoms with van der Waals surface area (Å²) in [6, 6.07) is 50.4. The zero-order valence-corrected chi connectivity index (χ0v) is 22.1. The summed E-state index contributed by atoms with van der Waals surface area (Å²) < 4.78 is 2.35. The van der Waals surface area contributed by atoms with Gasteiger partial charge in [-0.05, 0) is 47.2 Å². The fourth-order valence-electron chi connectivity index (χ4n) is 5.71. The molecule has 0 aliphatic carbocycles. The molecule has 0 unspecified atom stereocenters. The average Bonchev–Trinajstić information content (AvgIpc) is 3.40. The molecule has 0 saturated carbocycles. The minimum Gasteiger partial charge on any atom is -0.309 e. The fourth-order valence-corrected chi connectivity index (χ4v) is 5.71. The first-order valence-electron chi connectivity index (χ1n) is 13.7. The van der Waals surface area contributed by atoms with Crippen LogP contribution in [-0.4, -0.2) is 19.5 Å². The maximum atomic E-state index is 4.90. The van der Waals surface area contributed by atoms with Crippen LogP contribution in [0.15, 0.2) is 146 Å². The summed E-state index contributed by atoms with van der Waals surface area (Å²) in [5, 5.41) is 5.04. The lowest BCUT2D eigenvalue weighted by molar-refractivity contribution is 1.07. The highest BCUT2D eigenvalue weighted by Crippen LogP contribution is 2.37. The van der Waals surface area contributed by atoms with E-state index >= 15 is 0 Å². The highest BCUT2D eigenvalue weighted by atomic mass is 15.0. The largest absolute Gasteiger partial charge is 0.309 e. The summed E-state index contributed by atoms with van der Waals surface area (Å²) in [6.45, 7) is 0. The van der Waals surface area contributed by atoms with E-state index in [1.165, 1.54) is 32.6 Å². The first-order valence-corrected chi connectivity index (χ1v) is 13.7. The van der Waals surface area contributed by atoms with E-state index in [1.807, 2.05) is 60.7 Å². The third-order valence-corrected chi connectivity index (χ3v) is 7.65. The van der Waals surface area contributed by atoms with Gasteiger partial charge in [0.1, 0.15) is 0 Å². The molecular weight excluding hydrogens is 500 g/mol. The Morgan fingerprint density at radius 2 is 0.878 bits per heavy atom. The van der Waals surface area contributed by atoms with Gasteiger partial charge in [0.05, 0.1) is 11.0 Å². The van der Waals surface area contributed by atoms with Crippen molar-refractivity contribution < 1.29 is 0 Å². The van der Waals surface area contributed by atoms with Crippen molar-refractivity contribution in [2.75, 3.05) is 0 Å². The van der Waals surface area contributed by atoms with E-state index in [-0.39, 0.29) is 0 Å². The van der Waals surface area contributed by atoms with E-state index in [4.69, 9.17) is 15.0 Å². The summed E-state index contributed by atoms with van der Waals surface area (Å²) in [7, 11) is 0. The molecule has 2 aromatic heterocycles. The van der Waals surface area contributed by atoms with E-state index in [9.17, 15) is 0 Å². The number of hydrogen-bond acceptors (Lipinski definition) is 3. The summed E-state index contributed by atoms with van der Waals surface area (Å²) in [4.78, 5) is 14.6. The standard InChI is InChI=1S/C37H24N4/c1-3-12-26(13-4-1)35-38-36(27-14-5-2-6-15-27)40-37(39-35)28-19-22-29(23-20-28)41-32-18-10-9-17-31(32)34-30-16-8-7-11-25(30)21-24-33(34)41/h1-24H. The molecule has 0 atom stereocenters. The molecule has 0 aliphatic rings. The zero-order valence-electron chi connectivity index (χ0n) is 22.1. The van der Waals surface area contributed by atoms with Gasteiger partial charge in [0.2, 0.25) is 0 Å². The molecule has 4 heteroatoms. The Morgan fingerprint density at radius 1 is 0.366 bits per heavy atom.